The number of carbonyl (C=O) groups is 1. The highest BCUT2D eigenvalue weighted by atomic mass is 19.1. The second kappa shape index (κ2) is 6.63. The number of hydrogen-bond acceptors (Lipinski definition) is 2. The van der Waals surface area contributed by atoms with E-state index in [-0.39, 0.29) is 18.1 Å². The number of halogens is 2. The quantitative estimate of drug-likeness (QED) is 0.836. The highest BCUT2D eigenvalue weighted by Gasteiger charge is 2.45. The van der Waals surface area contributed by atoms with E-state index in [0.29, 0.717) is 19.4 Å². The molecule has 1 aliphatic heterocycles. The number of carbonyl (C=O) groups excluding carboxylic acids is 1. The Hall–Kier alpha value is -2.43. The standard InChI is InChI=1S/C22H24F2N2O/c1-14-11-16-7-10-26(18-5-3-17(23)4-6-18)13-19(16)15(2)21(14)25-20(27)12-22(24)8-9-22/h3-6,11H,7-10,12-13H2,1-2H3,(H,25,27). The molecule has 3 nitrogen and oxygen atoms in total. The van der Waals surface area contributed by atoms with Gasteiger partial charge in [-0.25, -0.2) is 8.78 Å². The maximum absolute atomic E-state index is 13.9. The molecule has 1 aliphatic carbocycles. The van der Waals surface area contributed by atoms with Gasteiger partial charge in [-0.05, 0) is 79.6 Å². The Kier molecular flexibility index (Phi) is 4.41. The summed E-state index contributed by atoms with van der Waals surface area (Å²) in [5.41, 5.74) is 5.01. The first-order valence-corrected chi connectivity index (χ1v) is 9.46. The van der Waals surface area contributed by atoms with Gasteiger partial charge in [-0.3, -0.25) is 4.79 Å². The second-order valence-corrected chi connectivity index (χ2v) is 7.85. The molecule has 0 aromatic heterocycles. The summed E-state index contributed by atoms with van der Waals surface area (Å²) in [6.45, 7) is 5.58. The molecule has 5 heteroatoms. The summed E-state index contributed by atoms with van der Waals surface area (Å²) in [7, 11) is 0. The first-order chi connectivity index (χ1) is 12.8. The van der Waals surface area contributed by atoms with Crippen LogP contribution in [0, 0.1) is 19.7 Å². The first kappa shape index (κ1) is 18.0. The molecule has 0 unspecified atom stereocenters. The number of nitrogens with zero attached hydrogens (tertiary/aromatic N) is 1. The Morgan fingerprint density at radius 3 is 2.59 bits per heavy atom. The number of amides is 1. The topological polar surface area (TPSA) is 32.3 Å². The van der Waals surface area contributed by atoms with Crippen molar-refractivity contribution in [2.75, 3.05) is 16.8 Å². The summed E-state index contributed by atoms with van der Waals surface area (Å²) in [6, 6.07) is 8.67. The van der Waals surface area contributed by atoms with E-state index in [0.717, 1.165) is 35.5 Å². The molecule has 2 aromatic rings. The largest absolute Gasteiger partial charge is 0.367 e. The highest BCUT2D eigenvalue weighted by molar-refractivity contribution is 5.93. The van der Waals surface area contributed by atoms with Crippen LogP contribution in [0.4, 0.5) is 20.2 Å². The number of fused-ring (bicyclic) bond motifs is 1. The third kappa shape index (κ3) is 3.68. The fourth-order valence-electron chi connectivity index (χ4n) is 3.93. The van der Waals surface area contributed by atoms with E-state index in [1.807, 2.05) is 13.8 Å². The zero-order valence-corrected chi connectivity index (χ0v) is 15.7. The summed E-state index contributed by atoms with van der Waals surface area (Å²) in [5.74, 6) is -0.499. The van der Waals surface area contributed by atoms with Gasteiger partial charge >= 0.3 is 0 Å². The molecule has 4 rings (SSSR count). The maximum atomic E-state index is 13.9. The molecule has 2 aromatic carbocycles. The lowest BCUT2D eigenvalue weighted by Gasteiger charge is -2.33. The van der Waals surface area contributed by atoms with Gasteiger partial charge in [0.05, 0.1) is 6.42 Å². The third-order valence-corrected chi connectivity index (χ3v) is 5.73. The predicted octanol–water partition coefficient (Wildman–Crippen LogP) is 4.84. The number of aryl methyl sites for hydroxylation is 1. The Morgan fingerprint density at radius 2 is 1.93 bits per heavy atom. The fourth-order valence-corrected chi connectivity index (χ4v) is 3.93. The number of hydrogen-bond donors (Lipinski definition) is 1. The molecule has 0 bridgehead atoms. The number of alkyl halides is 1. The van der Waals surface area contributed by atoms with Gasteiger partial charge in [-0.15, -0.1) is 0 Å². The Balaban J connectivity index is 1.58. The molecule has 0 spiro atoms. The van der Waals surface area contributed by atoms with Crippen LogP contribution in [0.1, 0.15) is 41.5 Å². The minimum Gasteiger partial charge on any atom is -0.367 e. The molecule has 1 fully saturated rings. The molecule has 0 saturated heterocycles. The number of benzene rings is 2. The molecule has 1 N–H and O–H groups in total. The van der Waals surface area contributed by atoms with Gasteiger partial charge in [0.2, 0.25) is 5.91 Å². The number of rotatable bonds is 4. The monoisotopic (exact) mass is 370 g/mol. The van der Waals surface area contributed by atoms with E-state index in [9.17, 15) is 13.6 Å². The fraction of sp³-hybridized carbons (Fsp3) is 0.409. The van der Waals surface area contributed by atoms with Crippen molar-refractivity contribution >= 4 is 17.3 Å². The van der Waals surface area contributed by atoms with Gasteiger partial charge in [-0.1, -0.05) is 6.07 Å². The normalized spacial score (nSPS) is 17.4. The average molecular weight is 370 g/mol. The maximum Gasteiger partial charge on any atom is 0.227 e. The van der Waals surface area contributed by atoms with Crippen LogP contribution in [-0.2, 0) is 17.8 Å². The number of nitrogens with one attached hydrogen (secondary N) is 1. The van der Waals surface area contributed by atoms with Crippen molar-refractivity contribution in [2.45, 2.75) is 51.7 Å². The van der Waals surface area contributed by atoms with Crippen LogP contribution in [0.25, 0.3) is 0 Å². The van der Waals surface area contributed by atoms with Crippen LogP contribution in [0.3, 0.4) is 0 Å². The molecule has 0 atom stereocenters. The summed E-state index contributed by atoms with van der Waals surface area (Å²) in [6.07, 6.45) is 1.80. The van der Waals surface area contributed by atoms with E-state index in [1.165, 1.54) is 23.3 Å². The molecular weight excluding hydrogens is 346 g/mol. The van der Waals surface area contributed by atoms with Crippen molar-refractivity contribution in [1.29, 1.82) is 0 Å². The zero-order valence-electron chi connectivity index (χ0n) is 15.7. The average Bonchev–Trinajstić information content (AvgIpc) is 3.36. The van der Waals surface area contributed by atoms with Crippen LogP contribution < -0.4 is 10.2 Å². The zero-order chi connectivity index (χ0) is 19.2. The van der Waals surface area contributed by atoms with Crippen LogP contribution in [-0.4, -0.2) is 18.1 Å². The third-order valence-electron chi connectivity index (χ3n) is 5.73. The van der Waals surface area contributed by atoms with Crippen LogP contribution in [0.5, 0.6) is 0 Å². The predicted molar refractivity (Wildman–Crippen MR) is 103 cm³/mol. The summed E-state index contributed by atoms with van der Waals surface area (Å²) < 4.78 is 27.1. The van der Waals surface area contributed by atoms with Crippen molar-refractivity contribution in [3.8, 4) is 0 Å². The Labute approximate surface area is 158 Å². The van der Waals surface area contributed by atoms with E-state index in [1.54, 1.807) is 12.1 Å². The lowest BCUT2D eigenvalue weighted by Crippen LogP contribution is -2.31. The van der Waals surface area contributed by atoms with Crippen molar-refractivity contribution in [3.05, 3.63) is 58.4 Å². The van der Waals surface area contributed by atoms with Gasteiger partial charge in [0.25, 0.3) is 0 Å². The second-order valence-electron chi connectivity index (χ2n) is 7.85. The van der Waals surface area contributed by atoms with Crippen molar-refractivity contribution in [2.24, 2.45) is 0 Å². The molecule has 2 aliphatic rings. The minimum atomic E-state index is -1.29. The molecule has 0 radical (unpaired) electrons. The molecule has 142 valence electrons. The lowest BCUT2D eigenvalue weighted by molar-refractivity contribution is -0.117. The van der Waals surface area contributed by atoms with Gasteiger partial charge < -0.3 is 10.2 Å². The SMILES string of the molecule is Cc1cc2c(c(C)c1NC(=O)CC1(F)CC1)CN(c1ccc(F)cc1)CC2. The van der Waals surface area contributed by atoms with Crippen LogP contribution in [0.2, 0.25) is 0 Å². The molecule has 1 amide bonds. The van der Waals surface area contributed by atoms with Crippen molar-refractivity contribution < 1.29 is 13.6 Å². The smallest absolute Gasteiger partial charge is 0.227 e. The summed E-state index contributed by atoms with van der Waals surface area (Å²) in [4.78, 5) is 14.5. The lowest BCUT2D eigenvalue weighted by atomic mass is 9.91. The molecule has 1 saturated carbocycles. The molecule has 27 heavy (non-hydrogen) atoms. The van der Waals surface area contributed by atoms with Crippen LogP contribution in [0.15, 0.2) is 30.3 Å². The van der Waals surface area contributed by atoms with Gasteiger partial charge in [0, 0.05) is 24.5 Å². The van der Waals surface area contributed by atoms with E-state index < -0.39 is 5.67 Å². The minimum absolute atomic E-state index is 0.0648. The summed E-state index contributed by atoms with van der Waals surface area (Å²) >= 11 is 0. The summed E-state index contributed by atoms with van der Waals surface area (Å²) in [5, 5.41) is 2.94. The first-order valence-electron chi connectivity index (χ1n) is 9.46. The van der Waals surface area contributed by atoms with E-state index in [4.69, 9.17) is 0 Å². The molecule has 1 heterocycles. The van der Waals surface area contributed by atoms with Crippen molar-refractivity contribution in [1.82, 2.24) is 0 Å². The Bertz CT molecular complexity index is 888. The van der Waals surface area contributed by atoms with Gasteiger partial charge in [0.15, 0.2) is 0 Å². The van der Waals surface area contributed by atoms with Gasteiger partial charge in [-0.2, -0.15) is 0 Å². The van der Waals surface area contributed by atoms with E-state index in [2.05, 4.69) is 16.3 Å². The number of anilines is 2. The Morgan fingerprint density at radius 1 is 1.22 bits per heavy atom. The van der Waals surface area contributed by atoms with Crippen molar-refractivity contribution in [3.63, 3.8) is 0 Å². The highest BCUT2D eigenvalue weighted by Crippen LogP contribution is 2.43. The van der Waals surface area contributed by atoms with Crippen LogP contribution >= 0.6 is 0 Å². The molecular formula is C22H24F2N2O. The van der Waals surface area contributed by atoms with Gasteiger partial charge in [0.1, 0.15) is 11.5 Å². The van der Waals surface area contributed by atoms with E-state index >= 15 is 0 Å².